The van der Waals surface area contributed by atoms with E-state index in [0.29, 0.717) is 0 Å². The maximum atomic E-state index is 14.9. The highest BCUT2D eigenvalue weighted by atomic mass is 19.4. The lowest BCUT2D eigenvalue weighted by molar-refractivity contribution is -0.143. The van der Waals surface area contributed by atoms with Gasteiger partial charge in [0.15, 0.2) is 34.9 Å². The minimum atomic E-state index is -5.60. The first-order chi connectivity index (χ1) is 23.3. The molecule has 0 bridgehead atoms. The second-order valence-electron chi connectivity index (χ2n) is 10.4. The molecule has 0 heterocycles. The van der Waals surface area contributed by atoms with Gasteiger partial charge in [-0.2, -0.15) is 36.9 Å². The smallest absolute Gasteiger partial charge is 0.237 e. The van der Waals surface area contributed by atoms with Gasteiger partial charge in [-0.1, -0.05) is 6.08 Å². The summed E-state index contributed by atoms with van der Waals surface area (Å²) in [6.07, 6.45) is -13.4. The number of fused-ring (bicyclic) bond motifs is 2. The van der Waals surface area contributed by atoms with Crippen molar-refractivity contribution in [2.24, 2.45) is 0 Å². The van der Waals surface area contributed by atoms with Crippen LogP contribution >= 0.6 is 0 Å². The first kappa shape index (κ1) is 35.2. The molecule has 3 aromatic rings. The highest BCUT2D eigenvalue weighted by Gasteiger charge is 2.45. The van der Waals surface area contributed by atoms with Crippen molar-refractivity contribution in [1.82, 2.24) is 0 Å². The Labute approximate surface area is 268 Å². The minimum absolute atomic E-state index is 0.254. The average molecular weight is 712 g/mol. The summed E-state index contributed by atoms with van der Waals surface area (Å²) in [5.41, 5.74) is -18.4. The van der Waals surface area contributed by atoms with E-state index in [1.54, 1.807) is 0 Å². The van der Waals surface area contributed by atoms with Crippen molar-refractivity contribution in [2.75, 3.05) is 0 Å². The van der Waals surface area contributed by atoms with Gasteiger partial charge in [0.05, 0.1) is 41.0 Å². The Bertz CT molecular complexity index is 2240. The van der Waals surface area contributed by atoms with Gasteiger partial charge in [-0.05, 0) is 45.2 Å². The number of allylic oxidation sites excluding steroid dienone is 3. The summed E-state index contributed by atoms with van der Waals surface area (Å²) in [5.74, 6) is -18.6. The number of hydrogen-bond acceptors (Lipinski definition) is 2. The van der Waals surface area contributed by atoms with Crippen LogP contribution in [-0.4, -0.2) is 0 Å². The van der Waals surface area contributed by atoms with Crippen LogP contribution in [0.2, 0.25) is 0 Å². The number of benzene rings is 3. The van der Waals surface area contributed by atoms with Crippen molar-refractivity contribution in [2.45, 2.75) is 25.2 Å². The first-order valence-corrected chi connectivity index (χ1v) is 13.1. The Kier molecular flexibility index (Phi) is 8.28. The molecule has 0 amide bonds. The maximum absolute atomic E-state index is 14.9. The molecular formula is C32H6F14N4. The van der Waals surface area contributed by atoms with Gasteiger partial charge in [-0.3, -0.25) is 0 Å². The second kappa shape index (κ2) is 11.8. The lowest BCUT2D eigenvalue weighted by Gasteiger charge is -2.19. The van der Waals surface area contributed by atoms with Gasteiger partial charge in [-0.15, -0.1) is 0 Å². The molecule has 2 aliphatic rings. The SMILES string of the molecule is [C-]#[N+]/C(=C1\C=c2c(c(C(F)(F)F)c3c(c2C(F)(F)F)C/C(=C(/C#N)c2c(F)c(F)c(C#N)c(F)c2F)C=3)C1)c1c(F)c(F)c([N+]#[C-])c(F)c1F. The van der Waals surface area contributed by atoms with Gasteiger partial charge in [0, 0.05) is 6.42 Å². The number of alkyl halides is 6. The van der Waals surface area contributed by atoms with Gasteiger partial charge in [0.2, 0.25) is 5.70 Å². The first-order valence-electron chi connectivity index (χ1n) is 13.1. The summed E-state index contributed by atoms with van der Waals surface area (Å²) < 4.78 is 205. The van der Waals surface area contributed by atoms with Gasteiger partial charge in [-0.25, -0.2) is 44.8 Å². The molecule has 3 aromatic carbocycles. The summed E-state index contributed by atoms with van der Waals surface area (Å²) >= 11 is 0. The fraction of sp³-hybridized carbons (Fsp3) is 0.125. The number of halogens is 14. The largest absolute Gasteiger partial charge is 0.417 e. The third-order valence-electron chi connectivity index (χ3n) is 7.79. The van der Waals surface area contributed by atoms with Gasteiger partial charge in [0.25, 0.3) is 5.69 Å². The van der Waals surface area contributed by atoms with Crippen molar-refractivity contribution in [1.29, 1.82) is 10.5 Å². The Balaban J connectivity index is 1.90. The molecular weight excluding hydrogens is 706 g/mol. The van der Waals surface area contributed by atoms with Crippen molar-refractivity contribution >= 4 is 29.1 Å². The zero-order valence-corrected chi connectivity index (χ0v) is 23.6. The molecule has 0 fully saturated rings. The zero-order chi connectivity index (χ0) is 37.4. The van der Waals surface area contributed by atoms with Crippen LogP contribution in [-0.2, 0) is 25.2 Å². The summed E-state index contributed by atoms with van der Waals surface area (Å²) in [4.78, 5) is 4.99. The van der Waals surface area contributed by atoms with E-state index in [2.05, 4.69) is 9.69 Å². The van der Waals surface area contributed by atoms with E-state index in [1.807, 2.05) is 0 Å². The molecule has 5 rings (SSSR count). The second-order valence-corrected chi connectivity index (χ2v) is 10.4. The monoisotopic (exact) mass is 712 g/mol. The number of rotatable bonds is 2. The molecule has 0 aliphatic heterocycles. The minimum Gasteiger partial charge on any atom is -0.237 e. The van der Waals surface area contributed by atoms with E-state index in [4.69, 9.17) is 18.4 Å². The van der Waals surface area contributed by atoms with Crippen molar-refractivity contribution in [3.63, 3.8) is 0 Å². The number of nitriles is 2. The summed E-state index contributed by atoms with van der Waals surface area (Å²) in [6, 6.07) is 1.93. The number of nitrogens with zero attached hydrogens (tertiary/aromatic N) is 4. The van der Waals surface area contributed by atoms with E-state index in [1.165, 1.54) is 0 Å². The van der Waals surface area contributed by atoms with Crippen molar-refractivity contribution < 1.29 is 61.5 Å². The summed E-state index contributed by atoms with van der Waals surface area (Å²) in [7, 11) is 0. The molecule has 0 saturated carbocycles. The van der Waals surface area contributed by atoms with Crippen LogP contribution < -0.4 is 10.4 Å². The molecule has 2 aliphatic carbocycles. The van der Waals surface area contributed by atoms with Crippen LogP contribution in [0.4, 0.5) is 67.2 Å². The molecule has 0 unspecified atom stereocenters. The predicted molar refractivity (Wildman–Crippen MR) is 142 cm³/mol. The van der Waals surface area contributed by atoms with Crippen LogP contribution in [0, 0.1) is 82.3 Å². The lowest BCUT2D eigenvalue weighted by Crippen LogP contribution is -2.34. The van der Waals surface area contributed by atoms with E-state index < -0.39 is 149 Å². The van der Waals surface area contributed by atoms with E-state index in [0.717, 1.165) is 12.1 Å². The topological polar surface area (TPSA) is 56.3 Å². The molecule has 0 atom stereocenters. The molecule has 0 N–H and O–H groups in total. The number of hydrogen-bond donors (Lipinski definition) is 0. The van der Waals surface area contributed by atoms with Gasteiger partial charge >= 0.3 is 12.4 Å². The third-order valence-corrected chi connectivity index (χ3v) is 7.79. The quantitative estimate of drug-likeness (QED) is 0.116. The van der Waals surface area contributed by atoms with Crippen LogP contribution in [0.1, 0.15) is 38.9 Å². The lowest BCUT2D eigenvalue weighted by atomic mass is 9.92. The molecule has 252 valence electrons. The Morgan fingerprint density at radius 3 is 1.42 bits per heavy atom. The Hall–Kier alpha value is -6.14. The molecule has 0 spiro atoms. The predicted octanol–water partition coefficient (Wildman–Crippen LogP) is 8.24. The maximum Gasteiger partial charge on any atom is 0.417 e. The molecule has 50 heavy (non-hydrogen) atoms. The Morgan fingerprint density at radius 2 is 1.04 bits per heavy atom. The highest BCUT2D eigenvalue weighted by molar-refractivity contribution is 5.89. The van der Waals surface area contributed by atoms with Crippen LogP contribution in [0.5, 0.6) is 0 Å². The molecule has 18 heteroatoms. The fourth-order valence-corrected chi connectivity index (χ4v) is 5.83. The standard InChI is InChI=1S/C32H6F14N4/c1-49-29(18-25(37)27(39)30(50-2)28(40)26(18)38)10-5-13-14(6-10)20(32(44,45)46)12-4-9(3-11(12)19(13)31(41,42)43)15(7-47)17-23(35)21(33)16(8-48)22(34)24(17)36/h3,6H,4-5H2/b15-9-,29-10-. The molecule has 0 radical (unpaired) electrons. The third kappa shape index (κ3) is 5.03. The van der Waals surface area contributed by atoms with Crippen LogP contribution in [0.15, 0.2) is 11.1 Å². The fourth-order valence-electron chi connectivity index (χ4n) is 5.83. The van der Waals surface area contributed by atoms with E-state index in [9.17, 15) is 66.7 Å². The van der Waals surface area contributed by atoms with E-state index >= 15 is 0 Å². The van der Waals surface area contributed by atoms with Crippen LogP contribution in [0.25, 0.3) is 33.1 Å². The van der Waals surface area contributed by atoms with Crippen LogP contribution in [0.3, 0.4) is 0 Å². The summed E-state index contributed by atoms with van der Waals surface area (Å²) in [5, 5.41) is 15.8. The average Bonchev–Trinajstić information content (AvgIpc) is 3.65. The van der Waals surface area contributed by atoms with Gasteiger partial charge < -0.3 is 0 Å². The Morgan fingerprint density at radius 1 is 0.620 bits per heavy atom. The molecule has 4 nitrogen and oxygen atoms in total. The van der Waals surface area contributed by atoms with Gasteiger partial charge in [0.1, 0.15) is 29.3 Å². The zero-order valence-electron chi connectivity index (χ0n) is 23.6. The highest BCUT2D eigenvalue weighted by Crippen LogP contribution is 2.43. The normalized spacial score (nSPS) is 15.6. The van der Waals surface area contributed by atoms with E-state index in [-0.39, 0.29) is 12.2 Å². The van der Waals surface area contributed by atoms with Crippen molar-refractivity contribution in [3.8, 4) is 12.1 Å². The molecule has 0 aromatic heterocycles. The molecule has 0 saturated heterocycles. The summed E-state index contributed by atoms with van der Waals surface area (Å²) in [6.45, 7) is 14.0. The van der Waals surface area contributed by atoms with Crippen molar-refractivity contribution in [3.05, 3.63) is 130 Å².